The molecule has 1 aliphatic carbocycles. The fourth-order valence-electron chi connectivity index (χ4n) is 3.92. The van der Waals surface area contributed by atoms with Crippen molar-refractivity contribution in [1.82, 2.24) is 4.90 Å². The molecule has 0 radical (unpaired) electrons. The van der Waals surface area contributed by atoms with E-state index in [-0.39, 0.29) is 0 Å². The van der Waals surface area contributed by atoms with E-state index in [9.17, 15) is 4.79 Å². The standard InChI is InChI=1S/C20H21NO/c22-17-11-13-21(14-12-17)20-18-7-3-1-5-15(18)9-10-16-6-2-4-8-19(16)20/h1-8,20H,9-14H2. The van der Waals surface area contributed by atoms with Crippen molar-refractivity contribution in [3.63, 3.8) is 0 Å². The Balaban J connectivity index is 1.82. The molecule has 1 fully saturated rings. The highest BCUT2D eigenvalue weighted by Crippen LogP contribution is 2.37. The Hall–Kier alpha value is -1.93. The van der Waals surface area contributed by atoms with Crippen LogP contribution in [0.4, 0.5) is 0 Å². The van der Waals surface area contributed by atoms with Crippen molar-refractivity contribution in [2.24, 2.45) is 0 Å². The molecule has 0 N–H and O–H groups in total. The molecule has 0 atom stereocenters. The van der Waals surface area contributed by atoms with Crippen molar-refractivity contribution in [2.75, 3.05) is 13.1 Å². The predicted octanol–water partition coefficient (Wildman–Crippen LogP) is 3.54. The minimum absolute atomic E-state index is 0.308. The van der Waals surface area contributed by atoms with E-state index in [1.54, 1.807) is 0 Å². The quantitative estimate of drug-likeness (QED) is 0.801. The van der Waals surface area contributed by atoms with Crippen LogP contribution in [0, 0.1) is 0 Å². The van der Waals surface area contributed by atoms with Gasteiger partial charge in [-0.05, 0) is 35.1 Å². The summed E-state index contributed by atoms with van der Waals surface area (Å²) in [4.78, 5) is 14.1. The average Bonchev–Trinajstić information content (AvgIpc) is 2.73. The number of aryl methyl sites for hydroxylation is 2. The van der Waals surface area contributed by atoms with Gasteiger partial charge in [0, 0.05) is 25.9 Å². The number of benzene rings is 2. The topological polar surface area (TPSA) is 20.3 Å². The molecule has 22 heavy (non-hydrogen) atoms. The van der Waals surface area contributed by atoms with Crippen molar-refractivity contribution in [1.29, 1.82) is 0 Å². The number of nitrogens with zero attached hydrogens (tertiary/aromatic N) is 1. The Labute approximate surface area is 131 Å². The van der Waals surface area contributed by atoms with Crippen molar-refractivity contribution in [2.45, 2.75) is 31.7 Å². The molecular weight excluding hydrogens is 270 g/mol. The Kier molecular flexibility index (Phi) is 3.55. The number of carbonyl (C=O) groups is 1. The number of fused-ring (bicyclic) bond motifs is 2. The largest absolute Gasteiger partial charge is 0.300 e. The molecule has 2 heteroatoms. The van der Waals surface area contributed by atoms with Crippen LogP contribution in [0.15, 0.2) is 48.5 Å². The number of likely N-dealkylation sites (tertiary alicyclic amines) is 1. The monoisotopic (exact) mass is 291 g/mol. The van der Waals surface area contributed by atoms with Crippen molar-refractivity contribution in [3.05, 3.63) is 70.8 Å². The highest BCUT2D eigenvalue weighted by molar-refractivity contribution is 5.79. The van der Waals surface area contributed by atoms with E-state index < -0.39 is 0 Å². The normalized spacial score (nSPS) is 19.4. The van der Waals surface area contributed by atoms with Gasteiger partial charge in [-0.2, -0.15) is 0 Å². The number of piperidine rings is 1. The van der Waals surface area contributed by atoms with Crippen LogP contribution in [0.1, 0.15) is 41.1 Å². The maximum atomic E-state index is 11.6. The van der Waals surface area contributed by atoms with Gasteiger partial charge in [0.05, 0.1) is 6.04 Å². The van der Waals surface area contributed by atoms with E-state index in [1.165, 1.54) is 22.3 Å². The lowest BCUT2D eigenvalue weighted by Crippen LogP contribution is -2.37. The molecule has 0 spiro atoms. The minimum Gasteiger partial charge on any atom is -0.300 e. The lowest BCUT2D eigenvalue weighted by Gasteiger charge is -2.35. The van der Waals surface area contributed by atoms with Crippen molar-refractivity contribution < 1.29 is 4.79 Å². The van der Waals surface area contributed by atoms with E-state index in [4.69, 9.17) is 0 Å². The number of Topliss-reactive ketones (excluding diaryl/α,β-unsaturated/α-hetero) is 1. The maximum Gasteiger partial charge on any atom is 0.135 e. The molecular formula is C20H21NO. The Morgan fingerprint density at radius 2 is 1.23 bits per heavy atom. The van der Waals surface area contributed by atoms with Gasteiger partial charge < -0.3 is 0 Å². The number of hydrogen-bond donors (Lipinski definition) is 0. The van der Waals surface area contributed by atoms with Crippen LogP contribution < -0.4 is 0 Å². The number of ketones is 1. The predicted molar refractivity (Wildman–Crippen MR) is 87.9 cm³/mol. The molecule has 0 amide bonds. The molecule has 2 aromatic rings. The molecule has 0 unspecified atom stereocenters. The Morgan fingerprint density at radius 3 is 1.77 bits per heavy atom. The lowest BCUT2D eigenvalue weighted by molar-refractivity contribution is -0.121. The van der Waals surface area contributed by atoms with E-state index in [0.29, 0.717) is 24.7 Å². The van der Waals surface area contributed by atoms with Gasteiger partial charge in [-0.25, -0.2) is 0 Å². The van der Waals surface area contributed by atoms with Crippen LogP contribution in [-0.2, 0) is 17.6 Å². The second-order valence-electron chi connectivity index (χ2n) is 6.37. The van der Waals surface area contributed by atoms with Crippen molar-refractivity contribution >= 4 is 5.78 Å². The SMILES string of the molecule is O=C1CCN(C2c3ccccc3CCc3ccccc32)CC1. The van der Waals surface area contributed by atoms with Crippen LogP contribution in [0.5, 0.6) is 0 Å². The molecule has 0 aromatic heterocycles. The first-order chi connectivity index (χ1) is 10.8. The summed E-state index contributed by atoms with van der Waals surface area (Å²) in [6.45, 7) is 1.76. The summed E-state index contributed by atoms with van der Waals surface area (Å²) >= 11 is 0. The molecule has 1 saturated heterocycles. The molecule has 4 rings (SSSR count). The zero-order valence-electron chi connectivity index (χ0n) is 12.8. The highest BCUT2D eigenvalue weighted by atomic mass is 16.1. The zero-order chi connectivity index (χ0) is 14.9. The number of hydrogen-bond acceptors (Lipinski definition) is 2. The lowest BCUT2D eigenvalue weighted by atomic mass is 9.91. The van der Waals surface area contributed by atoms with Crippen LogP contribution >= 0.6 is 0 Å². The van der Waals surface area contributed by atoms with Gasteiger partial charge in [0.15, 0.2) is 0 Å². The van der Waals surface area contributed by atoms with E-state index in [1.807, 2.05) is 0 Å². The first kappa shape index (κ1) is 13.7. The summed E-state index contributed by atoms with van der Waals surface area (Å²) in [5.74, 6) is 0.409. The third-order valence-corrected chi connectivity index (χ3v) is 5.08. The summed E-state index contributed by atoms with van der Waals surface area (Å²) in [6, 6.07) is 18.0. The van der Waals surface area contributed by atoms with Gasteiger partial charge in [0.2, 0.25) is 0 Å². The van der Waals surface area contributed by atoms with Gasteiger partial charge in [-0.3, -0.25) is 9.69 Å². The average molecular weight is 291 g/mol. The number of carbonyl (C=O) groups excluding carboxylic acids is 1. The first-order valence-electron chi connectivity index (χ1n) is 8.24. The molecule has 2 aromatic carbocycles. The third kappa shape index (κ3) is 2.38. The van der Waals surface area contributed by atoms with Crippen LogP contribution in [0.2, 0.25) is 0 Å². The summed E-state index contributed by atoms with van der Waals surface area (Å²) < 4.78 is 0. The highest BCUT2D eigenvalue weighted by Gasteiger charge is 2.30. The summed E-state index contributed by atoms with van der Waals surface area (Å²) in [7, 11) is 0. The fourth-order valence-corrected chi connectivity index (χ4v) is 3.92. The molecule has 1 heterocycles. The van der Waals surface area contributed by atoms with Crippen LogP contribution in [0.25, 0.3) is 0 Å². The van der Waals surface area contributed by atoms with Crippen LogP contribution in [-0.4, -0.2) is 23.8 Å². The molecule has 2 aliphatic rings. The Bertz CT molecular complexity index is 649. The minimum atomic E-state index is 0.308. The van der Waals surface area contributed by atoms with Crippen LogP contribution in [0.3, 0.4) is 0 Å². The second-order valence-corrected chi connectivity index (χ2v) is 6.37. The smallest absolute Gasteiger partial charge is 0.135 e. The van der Waals surface area contributed by atoms with Gasteiger partial charge >= 0.3 is 0 Å². The molecule has 2 nitrogen and oxygen atoms in total. The fraction of sp³-hybridized carbons (Fsp3) is 0.350. The zero-order valence-corrected chi connectivity index (χ0v) is 12.8. The first-order valence-corrected chi connectivity index (χ1v) is 8.24. The molecule has 1 aliphatic heterocycles. The molecule has 0 saturated carbocycles. The second kappa shape index (κ2) is 5.69. The van der Waals surface area contributed by atoms with Crippen molar-refractivity contribution in [3.8, 4) is 0 Å². The number of rotatable bonds is 1. The van der Waals surface area contributed by atoms with Gasteiger partial charge in [0.1, 0.15) is 5.78 Å². The van der Waals surface area contributed by atoms with E-state index in [0.717, 1.165) is 25.9 Å². The molecule has 112 valence electrons. The maximum absolute atomic E-state index is 11.6. The van der Waals surface area contributed by atoms with E-state index in [2.05, 4.69) is 53.4 Å². The van der Waals surface area contributed by atoms with E-state index >= 15 is 0 Å². The van der Waals surface area contributed by atoms with Gasteiger partial charge in [-0.1, -0.05) is 48.5 Å². The summed E-state index contributed by atoms with van der Waals surface area (Å²) in [5, 5.41) is 0. The molecule has 0 bridgehead atoms. The van der Waals surface area contributed by atoms with Gasteiger partial charge in [0.25, 0.3) is 0 Å². The summed E-state index contributed by atoms with van der Waals surface area (Å²) in [6.07, 6.45) is 3.61. The Morgan fingerprint density at radius 1 is 0.727 bits per heavy atom. The summed E-state index contributed by atoms with van der Waals surface area (Å²) in [5.41, 5.74) is 5.78. The third-order valence-electron chi connectivity index (χ3n) is 5.08. The van der Waals surface area contributed by atoms with Gasteiger partial charge in [-0.15, -0.1) is 0 Å².